The van der Waals surface area contributed by atoms with E-state index in [2.05, 4.69) is 24.7 Å². The van der Waals surface area contributed by atoms with Crippen molar-refractivity contribution < 1.29 is 9.53 Å². The van der Waals surface area contributed by atoms with Gasteiger partial charge >= 0.3 is 5.97 Å². The summed E-state index contributed by atoms with van der Waals surface area (Å²) in [4.78, 5) is 39.7. The second kappa shape index (κ2) is 4.63. The van der Waals surface area contributed by atoms with E-state index in [-0.39, 0.29) is 11.3 Å². The lowest BCUT2D eigenvalue weighted by Gasteiger charge is -2.11. The van der Waals surface area contributed by atoms with Crippen molar-refractivity contribution in [3.05, 3.63) is 21.7 Å². The minimum absolute atomic E-state index is 0.286. The first kappa shape index (κ1) is 12.9. The molecule has 0 saturated heterocycles. The molecule has 0 aliphatic heterocycles. The number of aromatic nitrogens is 4. The Balaban J connectivity index is 2.75. The van der Waals surface area contributed by atoms with Gasteiger partial charge in [-0.15, -0.1) is 0 Å². The maximum absolute atomic E-state index is 11.7. The zero-order valence-electron chi connectivity index (χ0n) is 11.0. The van der Waals surface area contributed by atoms with Crippen molar-refractivity contribution in [2.75, 3.05) is 26.1 Å². The molecule has 0 aliphatic rings. The Kier molecular flexibility index (Phi) is 3.16. The van der Waals surface area contributed by atoms with Crippen molar-refractivity contribution in [2.45, 2.75) is 6.92 Å². The van der Waals surface area contributed by atoms with Crippen molar-refractivity contribution in [2.24, 2.45) is 0 Å². The molecule has 0 radical (unpaired) electrons. The molecule has 0 aliphatic carbocycles. The van der Waals surface area contributed by atoms with Crippen LogP contribution in [0.3, 0.4) is 0 Å². The maximum Gasteiger partial charge on any atom is 0.362 e. The number of fused-ring (bicyclic) bond motifs is 1. The number of carbonyl (C=O) groups excluding carboxylic acids is 1. The Morgan fingerprint density at radius 1 is 1.26 bits per heavy atom. The summed E-state index contributed by atoms with van der Waals surface area (Å²) >= 11 is 0. The van der Waals surface area contributed by atoms with E-state index in [1.165, 1.54) is 7.11 Å². The molecule has 8 nitrogen and oxygen atoms in total. The van der Waals surface area contributed by atoms with Crippen LogP contribution < -0.4 is 10.5 Å². The number of nitrogens with zero attached hydrogens (tertiary/aromatic N) is 4. The van der Waals surface area contributed by atoms with Crippen molar-refractivity contribution in [1.82, 2.24) is 19.9 Å². The number of ether oxygens (including phenoxy) is 1. The standard InChI is InChI=1S/C11H13N5O3/c1-5-6-8(15-11(12-5)16(2)3)14-9(17)7(13-6)10(18)19-4/h1-4H3,(H,12,14,15,17). The zero-order valence-corrected chi connectivity index (χ0v) is 11.0. The highest BCUT2D eigenvalue weighted by Gasteiger charge is 2.17. The van der Waals surface area contributed by atoms with Gasteiger partial charge in [0.15, 0.2) is 5.65 Å². The fourth-order valence-corrected chi connectivity index (χ4v) is 1.54. The van der Waals surface area contributed by atoms with Gasteiger partial charge in [-0.3, -0.25) is 4.79 Å². The van der Waals surface area contributed by atoms with Gasteiger partial charge in [0, 0.05) is 14.1 Å². The highest BCUT2D eigenvalue weighted by Crippen LogP contribution is 2.13. The van der Waals surface area contributed by atoms with E-state index in [4.69, 9.17) is 0 Å². The van der Waals surface area contributed by atoms with Crippen LogP contribution in [0.4, 0.5) is 5.95 Å². The molecule has 0 unspecified atom stereocenters. The van der Waals surface area contributed by atoms with Crippen LogP contribution in [0.5, 0.6) is 0 Å². The topological polar surface area (TPSA) is 101 Å². The molecule has 8 heteroatoms. The average molecular weight is 263 g/mol. The number of rotatable bonds is 2. The quantitative estimate of drug-likeness (QED) is 0.753. The van der Waals surface area contributed by atoms with E-state index in [1.54, 1.807) is 25.9 Å². The lowest BCUT2D eigenvalue weighted by atomic mass is 10.3. The van der Waals surface area contributed by atoms with Crippen molar-refractivity contribution >= 4 is 23.1 Å². The summed E-state index contributed by atoms with van der Waals surface area (Å²) in [6.45, 7) is 1.73. The van der Waals surface area contributed by atoms with Crippen molar-refractivity contribution in [3.63, 3.8) is 0 Å². The summed E-state index contributed by atoms with van der Waals surface area (Å²) in [6, 6.07) is 0. The minimum atomic E-state index is -0.792. The molecule has 2 heterocycles. The summed E-state index contributed by atoms with van der Waals surface area (Å²) in [5.41, 5.74) is 0.274. The van der Waals surface area contributed by atoms with Gasteiger partial charge in [-0.25, -0.2) is 14.8 Å². The van der Waals surface area contributed by atoms with E-state index in [0.717, 1.165) is 0 Å². The molecule has 0 fully saturated rings. The molecule has 0 amide bonds. The Bertz CT molecular complexity index is 707. The van der Waals surface area contributed by atoms with E-state index in [9.17, 15) is 9.59 Å². The second-order valence-electron chi connectivity index (χ2n) is 4.11. The maximum atomic E-state index is 11.7. The Morgan fingerprint density at radius 3 is 2.53 bits per heavy atom. The third-order valence-corrected chi connectivity index (χ3v) is 2.50. The first-order valence-corrected chi connectivity index (χ1v) is 5.48. The predicted octanol–water partition coefficient (Wildman–Crippen LogP) is -0.126. The van der Waals surface area contributed by atoms with Gasteiger partial charge in [0.2, 0.25) is 11.6 Å². The number of carbonyl (C=O) groups is 1. The number of aromatic amines is 1. The van der Waals surface area contributed by atoms with E-state index in [1.807, 2.05) is 0 Å². The van der Waals surface area contributed by atoms with Crippen molar-refractivity contribution in [3.8, 4) is 0 Å². The molecule has 19 heavy (non-hydrogen) atoms. The molecule has 1 N–H and O–H groups in total. The summed E-state index contributed by atoms with van der Waals surface area (Å²) < 4.78 is 4.50. The largest absolute Gasteiger partial charge is 0.464 e. The predicted molar refractivity (Wildman–Crippen MR) is 68.4 cm³/mol. The van der Waals surface area contributed by atoms with Crippen LogP contribution >= 0.6 is 0 Å². The highest BCUT2D eigenvalue weighted by atomic mass is 16.5. The Hall–Kier alpha value is -2.51. The van der Waals surface area contributed by atoms with Crippen LogP contribution in [0, 0.1) is 6.92 Å². The van der Waals surface area contributed by atoms with Crippen LogP contribution in [0.15, 0.2) is 4.79 Å². The smallest absolute Gasteiger partial charge is 0.362 e. The van der Waals surface area contributed by atoms with Crippen LogP contribution in [0.2, 0.25) is 0 Å². The van der Waals surface area contributed by atoms with Crippen LogP contribution in [-0.2, 0) is 4.74 Å². The van der Waals surface area contributed by atoms with Gasteiger partial charge in [0.1, 0.15) is 5.52 Å². The molecular formula is C11H13N5O3. The number of methoxy groups -OCH3 is 1. The van der Waals surface area contributed by atoms with E-state index in [0.29, 0.717) is 17.2 Å². The molecule has 2 rings (SSSR count). The molecular weight excluding hydrogens is 250 g/mol. The van der Waals surface area contributed by atoms with Gasteiger partial charge < -0.3 is 14.6 Å². The number of nitrogens with one attached hydrogen (secondary N) is 1. The average Bonchev–Trinajstić information content (AvgIpc) is 2.36. The number of H-pyrrole nitrogens is 1. The van der Waals surface area contributed by atoms with Gasteiger partial charge in [-0.05, 0) is 6.92 Å². The molecule has 0 bridgehead atoms. The number of esters is 1. The summed E-state index contributed by atoms with van der Waals surface area (Å²) in [5.74, 6) is -0.340. The van der Waals surface area contributed by atoms with Gasteiger partial charge in [0.25, 0.3) is 5.56 Å². The lowest BCUT2D eigenvalue weighted by Crippen LogP contribution is -2.23. The first-order chi connectivity index (χ1) is 8.93. The molecule has 0 saturated carbocycles. The molecule has 2 aromatic rings. The number of hydrogen-bond acceptors (Lipinski definition) is 7. The normalized spacial score (nSPS) is 10.5. The second-order valence-corrected chi connectivity index (χ2v) is 4.11. The fraction of sp³-hybridized carbons (Fsp3) is 0.364. The molecule has 0 aromatic carbocycles. The molecule has 2 aromatic heterocycles. The summed E-state index contributed by atoms with van der Waals surface area (Å²) in [7, 11) is 4.76. The molecule has 0 atom stereocenters. The van der Waals surface area contributed by atoms with Crippen LogP contribution in [0.25, 0.3) is 11.2 Å². The Morgan fingerprint density at radius 2 is 1.95 bits per heavy atom. The van der Waals surface area contributed by atoms with Gasteiger partial charge in [0.05, 0.1) is 12.8 Å². The minimum Gasteiger partial charge on any atom is -0.464 e. The summed E-state index contributed by atoms with van der Waals surface area (Å²) in [6.07, 6.45) is 0. The zero-order chi connectivity index (χ0) is 14.2. The fourth-order valence-electron chi connectivity index (χ4n) is 1.54. The van der Waals surface area contributed by atoms with Gasteiger partial charge in [-0.2, -0.15) is 4.98 Å². The van der Waals surface area contributed by atoms with Gasteiger partial charge in [-0.1, -0.05) is 0 Å². The number of anilines is 1. The summed E-state index contributed by atoms with van der Waals surface area (Å²) in [5, 5.41) is 0. The third-order valence-electron chi connectivity index (χ3n) is 2.50. The third kappa shape index (κ3) is 2.24. The van der Waals surface area contributed by atoms with Crippen LogP contribution in [0.1, 0.15) is 16.2 Å². The van der Waals surface area contributed by atoms with Crippen molar-refractivity contribution in [1.29, 1.82) is 0 Å². The molecule has 0 spiro atoms. The number of hydrogen-bond donors (Lipinski definition) is 1. The lowest BCUT2D eigenvalue weighted by molar-refractivity contribution is 0.0592. The van der Waals surface area contributed by atoms with Crippen LogP contribution in [-0.4, -0.2) is 47.1 Å². The first-order valence-electron chi connectivity index (χ1n) is 5.48. The van der Waals surface area contributed by atoms with E-state index < -0.39 is 11.5 Å². The Labute approximate surface area is 108 Å². The SMILES string of the molecule is COC(=O)c1nc2c(C)nc(N(C)C)nc2[nH]c1=O. The number of aryl methyl sites for hydroxylation is 1. The van der Waals surface area contributed by atoms with E-state index >= 15 is 0 Å². The monoisotopic (exact) mass is 263 g/mol. The highest BCUT2D eigenvalue weighted by molar-refractivity contribution is 5.89. The molecule has 100 valence electrons.